The molecule has 2 heterocycles. The van der Waals surface area contributed by atoms with Crippen LogP contribution in [-0.2, 0) is 4.79 Å². The number of thiazole rings is 1. The van der Waals surface area contributed by atoms with Gasteiger partial charge >= 0.3 is 0 Å². The van der Waals surface area contributed by atoms with Gasteiger partial charge in [0, 0.05) is 17.7 Å². The molecule has 0 unspecified atom stereocenters. The van der Waals surface area contributed by atoms with E-state index in [9.17, 15) is 19.2 Å². The summed E-state index contributed by atoms with van der Waals surface area (Å²) in [4.78, 5) is 50.9. The van der Waals surface area contributed by atoms with Crippen LogP contribution >= 0.6 is 11.3 Å². The molecule has 0 radical (unpaired) electrons. The Morgan fingerprint density at radius 3 is 2.50 bits per heavy atom. The van der Waals surface area contributed by atoms with Crippen molar-refractivity contribution in [3.63, 3.8) is 0 Å². The number of hydrogen-bond donors (Lipinski definition) is 4. The summed E-state index contributed by atoms with van der Waals surface area (Å²) in [6.07, 6.45) is 0. The summed E-state index contributed by atoms with van der Waals surface area (Å²) in [5.41, 5.74) is 3.98. The van der Waals surface area contributed by atoms with Crippen LogP contribution in [0.1, 0.15) is 27.9 Å². The minimum atomic E-state index is -0.705. The van der Waals surface area contributed by atoms with Gasteiger partial charge in [-0.15, -0.1) is 11.3 Å². The molecule has 0 saturated carbocycles. The number of H-pyrrole nitrogens is 1. The smallest absolute Gasteiger partial charge is 0.290 e. The highest BCUT2D eigenvalue weighted by Crippen LogP contribution is 2.15. The van der Waals surface area contributed by atoms with E-state index >= 15 is 0 Å². The first kappa shape index (κ1) is 17.2. The van der Waals surface area contributed by atoms with Gasteiger partial charge in [-0.25, -0.2) is 10.1 Å². The number of amides is 3. The first-order valence-electron chi connectivity index (χ1n) is 7.27. The van der Waals surface area contributed by atoms with Gasteiger partial charge in [-0.3, -0.25) is 30.0 Å². The van der Waals surface area contributed by atoms with Gasteiger partial charge in [0.2, 0.25) is 5.91 Å². The average Bonchev–Trinajstić information content (AvgIpc) is 3.08. The molecule has 0 saturated heterocycles. The molecule has 3 rings (SSSR count). The van der Waals surface area contributed by atoms with Gasteiger partial charge in [-0.1, -0.05) is 18.2 Å². The molecule has 11 heteroatoms. The molecular formula is C15H12N6O4S. The normalized spacial score (nSPS) is 10.3. The van der Waals surface area contributed by atoms with Crippen molar-refractivity contribution in [2.45, 2.75) is 6.92 Å². The Labute approximate surface area is 149 Å². The number of rotatable bonds is 3. The summed E-state index contributed by atoms with van der Waals surface area (Å²) in [5.74, 6) is -1.68. The lowest BCUT2D eigenvalue weighted by Gasteiger charge is -2.07. The topological polar surface area (TPSA) is 146 Å². The van der Waals surface area contributed by atoms with Crippen LogP contribution in [0.5, 0.6) is 0 Å². The van der Waals surface area contributed by atoms with Gasteiger partial charge < -0.3 is 5.32 Å². The predicted octanol–water partition coefficient (Wildman–Crippen LogP) is 0.413. The van der Waals surface area contributed by atoms with Crippen LogP contribution in [0.15, 0.2) is 34.4 Å². The lowest BCUT2D eigenvalue weighted by Crippen LogP contribution is -2.42. The van der Waals surface area contributed by atoms with Crippen LogP contribution < -0.4 is 21.7 Å². The molecule has 0 aliphatic rings. The fourth-order valence-corrected chi connectivity index (χ4v) is 2.85. The quantitative estimate of drug-likeness (QED) is 0.490. The van der Waals surface area contributed by atoms with E-state index in [1.165, 1.54) is 12.3 Å². The number of nitrogens with one attached hydrogen (secondary N) is 4. The number of carbonyl (C=O) groups is 3. The van der Waals surface area contributed by atoms with Crippen molar-refractivity contribution >= 4 is 45.0 Å². The summed E-state index contributed by atoms with van der Waals surface area (Å²) in [6.45, 7) is 1.32. The summed E-state index contributed by atoms with van der Waals surface area (Å²) in [5, 5.41) is 10.8. The maximum Gasteiger partial charge on any atom is 0.290 e. The molecule has 3 amide bonds. The Balaban J connectivity index is 1.72. The zero-order valence-electron chi connectivity index (χ0n) is 13.3. The molecule has 0 spiro atoms. The second-order valence-electron chi connectivity index (χ2n) is 5.07. The van der Waals surface area contributed by atoms with E-state index in [0.717, 1.165) is 11.3 Å². The van der Waals surface area contributed by atoms with Crippen molar-refractivity contribution in [3.05, 3.63) is 51.4 Å². The largest absolute Gasteiger partial charge is 0.302 e. The van der Waals surface area contributed by atoms with Gasteiger partial charge in [0.15, 0.2) is 10.8 Å². The molecule has 0 fully saturated rings. The summed E-state index contributed by atoms with van der Waals surface area (Å²) >= 11 is 1.07. The summed E-state index contributed by atoms with van der Waals surface area (Å²) < 4.78 is 0. The number of nitrogens with zero attached hydrogens (tertiary/aromatic N) is 2. The third kappa shape index (κ3) is 3.57. The predicted molar refractivity (Wildman–Crippen MR) is 93.7 cm³/mol. The highest BCUT2D eigenvalue weighted by molar-refractivity contribution is 7.14. The molecule has 0 aliphatic heterocycles. The number of benzene rings is 1. The molecule has 4 N–H and O–H groups in total. The summed E-state index contributed by atoms with van der Waals surface area (Å²) in [6, 6.07) is 6.46. The van der Waals surface area contributed by atoms with Crippen molar-refractivity contribution in [2.24, 2.45) is 0 Å². The third-order valence-corrected chi connectivity index (χ3v) is 3.98. The van der Waals surface area contributed by atoms with Crippen LogP contribution in [0.4, 0.5) is 5.13 Å². The van der Waals surface area contributed by atoms with E-state index in [0.29, 0.717) is 10.8 Å². The third-order valence-electron chi connectivity index (χ3n) is 3.22. The Hall–Kier alpha value is -3.60. The van der Waals surface area contributed by atoms with Crippen LogP contribution in [-0.4, -0.2) is 32.9 Å². The van der Waals surface area contributed by atoms with Gasteiger partial charge in [0.1, 0.15) is 5.69 Å². The molecule has 132 valence electrons. The van der Waals surface area contributed by atoms with E-state index in [1.807, 2.05) is 0 Å². The second kappa shape index (κ2) is 7.11. The summed E-state index contributed by atoms with van der Waals surface area (Å²) in [7, 11) is 0. The van der Waals surface area contributed by atoms with Crippen molar-refractivity contribution in [3.8, 4) is 0 Å². The number of aromatic amines is 1. The number of aromatic nitrogens is 3. The first-order chi connectivity index (χ1) is 12.5. The Morgan fingerprint density at radius 1 is 1.08 bits per heavy atom. The minimum Gasteiger partial charge on any atom is -0.302 e. The van der Waals surface area contributed by atoms with Crippen LogP contribution in [0.2, 0.25) is 0 Å². The SMILES string of the molecule is CC(=O)Nc1nc(C(=O)NNC(=O)c2n[nH]c(=O)c3ccccc23)cs1. The van der Waals surface area contributed by atoms with Gasteiger partial charge in [-0.05, 0) is 6.07 Å². The standard InChI is InChI=1S/C15H12N6O4S/c1-7(22)16-15-17-10(6-26-15)13(24)20-21-14(25)11-8-4-2-3-5-9(8)12(23)19-18-11/h2-6H,1H3,(H,19,23)(H,20,24)(H,21,25)(H,16,17,22). The van der Waals surface area contributed by atoms with Crippen LogP contribution in [0, 0.1) is 0 Å². The Kier molecular flexibility index (Phi) is 4.71. The Bertz CT molecular complexity index is 1070. The molecular weight excluding hydrogens is 360 g/mol. The minimum absolute atomic E-state index is 0.0262. The Morgan fingerprint density at radius 2 is 1.77 bits per heavy atom. The number of anilines is 1. The molecule has 0 aliphatic carbocycles. The molecule has 2 aromatic heterocycles. The first-order valence-corrected chi connectivity index (χ1v) is 8.15. The zero-order chi connectivity index (χ0) is 18.7. The van der Waals surface area contributed by atoms with E-state index < -0.39 is 17.4 Å². The van der Waals surface area contributed by atoms with Crippen molar-refractivity contribution < 1.29 is 14.4 Å². The van der Waals surface area contributed by atoms with Crippen LogP contribution in [0.25, 0.3) is 10.8 Å². The molecule has 10 nitrogen and oxygen atoms in total. The van der Waals surface area contributed by atoms with Crippen molar-refractivity contribution in [1.82, 2.24) is 26.0 Å². The fraction of sp³-hybridized carbons (Fsp3) is 0.0667. The lowest BCUT2D eigenvalue weighted by molar-refractivity contribution is -0.114. The molecule has 0 bridgehead atoms. The molecule has 1 aromatic carbocycles. The number of carbonyl (C=O) groups excluding carboxylic acids is 3. The van der Waals surface area contributed by atoms with Crippen LogP contribution in [0.3, 0.4) is 0 Å². The average molecular weight is 372 g/mol. The second-order valence-corrected chi connectivity index (χ2v) is 5.93. The van der Waals surface area contributed by atoms with Gasteiger partial charge in [-0.2, -0.15) is 5.10 Å². The highest BCUT2D eigenvalue weighted by Gasteiger charge is 2.16. The molecule has 0 atom stereocenters. The van der Waals surface area contributed by atoms with Gasteiger partial charge in [0.25, 0.3) is 17.4 Å². The molecule has 3 aromatic rings. The highest BCUT2D eigenvalue weighted by atomic mass is 32.1. The number of hydrogen-bond acceptors (Lipinski definition) is 7. The number of hydrazine groups is 1. The van der Waals surface area contributed by atoms with E-state index in [-0.39, 0.29) is 22.4 Å². The monoisotopic (exact) mass is 372 g/mol. The van der Waals surface area contributed by atoms with Crippen molar-refractivity contribution in [2.75, 3.05) is 5.32 Å². The van der Waals surface area contributed by atoms with Gasteiger partial charge in [0.05, 0.1) is 5.39 Å². The van der Waals surface area contributed by atoms with E-state index in [4.69, 9.17) is 0 Å². The van der Waals surface area contributed by atoms with E-state index in [1.54, 1.807) is 24.3 Å². The lowest BCUT2D eigenvalue weighted by atomic mass is 10.1. The fourth-order valence-electron chi connectivity index (χ4n) is 2.11. The maximum absolute atomic E-state index is 12.3. The van der Waals surface area contributed by atoms with Crippen molar-refractivity contribution in [1.29, 1.82) is 0 Å². The van der Waals surface area contributed by atoms with E-state index in [2.05, 4.69) is 31.3 Å². The molecule has 26 heavy (non-hydrogen) atoms. The number of fused-ring (bicyclic) bond motifs is 1. The zero-order valence-corrected chi connectivity index (χ0v) is 14.1. The maximum atomic E-state index is 12.3.